The van der Waals surface area contributed by atoms with E-state index in [4.69, 9.17) is 9.52 Å². The normalized spacial score (nSPS) is 18.0. The lowest BCUT2D eigenvalue weighted by Crippen LogP contribution is -2.46. The SMILES string of the molecule is CNC(=O)CCNC(=O)C1CCCN1S(=O)(=O)c1ccc(C(=O)O)o1. The maximum Gasteiger partial charge on any atom is 0.371 e. The maximum atomic E-state index is 12.6. The number of furan rings is 1. The number of hydrogen-bond donors (Lipinski definition) is 3. The molecule has 0 spiro atoms. The van der Waals surface area contributed by atoms with Crippen molar-refractivity contribution >= 4 is 27.8 Å². The first-order valence-electron chi connectivity index (χ1n) is 7.60. The van der Waals surface area contributed by atoms with Crippen LogP contribution in [0.5, 0.6) is 0 Å². The van der Waals surface area contributed by atoms with Crippen LogP contribution in [0.2, 0.25) is 0 Å². The molecule has 1 aromatic rings. The molecule has 2 amide bonds. The molecule has 2 rings (SSSR count). The number of sulfonamides is 1. The van der Waals surface area contributed by atoms with Gasteiger partial charge in [-0.2, -0.15) is 4.31 Å². The van der Waals surface area contributed by atoms with Gasteiger partial charge in [-0.25, -0.2) is 13.2 Å². The Morgan fingerprint density at radius 3 is 2.68 bits per heavy atom. The number of nitrogens with one attached hydrogen (secondary N) is 2. The van der Waals surface area contributed by atoms with Crippen LogP contribution < -0.4 is 10.6 Å². The fourth-order valence-corrected chi connectivity index (χ4v) is 4.09. The molecule has 1 fully saturated rings. The second-order valence-electron chi connectivity index (χ2n) is 5.41. The summed E-state index contributed by atoms with van der Waals surface area (Å²) in [6.07, 6.45) is 0.901. The minimum Gasteiger partial charge on any atom is -0.475 e. The fraction of sp³-hybridized carbons (Fsp3) is 0.500. The predicted octanol–water partition coefficient (Wildman–Crippen LogP) is -0.617. The van der Waals surface area contributed by atoms with E-state index in [1.54, 1.807) is 0 Å². The number of rotatable bonds is 7. The second-order valence-corrected chi connectivity index (χ2v) is 7.23. The van der Waals surface area contributed by atoms with Crippen LogP contribution in [0.1, 0.15) is 29.8 Å². The van der Waals surface area contributed by atoms with E-state index in [0.717, 1.165) is 16.4 Å². The van der Waals surface area contributed by atoms with Gasteiger partial charge >= 0.3 is 5.97 Å². The number of carbonyl (C=O) groups excluding carboxylic acids is 2. The van der Waals surface area contributed by atoms with E-state index in [2.05, 4.69) is 10.6 Å². The molecule has 0 saturated carbocycles. The van der Waals surface area contributed by atoms with E-state index in [-0.39, 0.29) is 25.4 Å². The topological polar surface area (TPSA) is 146 Å². The van der Waals surface area contributed by atoms with Gasteiger partial charge in [-0.1, -0.05) is 0 Å². The highest BCUT2D eigenvalue weighted by molar-refractivity contribution is 7.89. The molecule has 0 bridgehead atoms. The molecule has 1 saturated heterocycles. The van der Waals surface area contributed by atoms with E-state index in [0.29, 0.717) is 12.8 Å². The zero-order chi connectivity index (χ0) is 18.6. The van der Waals surface area contributed by atoms with Crippen LogP contribution in [0.25, 0.3) is 0 Å². The lowest BCUT2D eigenvalue weighted by atomic mass is 10.2. The van der Waals surface area contributed by atoms with Gasteiger partial charge in [0.15, 0.2) is 0 Å². The van der Waals surface area contributed by atoms with E-state index in [1.165, 1.54) is 7.05 Å². The van der Waals surface area contributed by atoms with E-state index < -0.39 is 38.8 Å². The minimum absolute atomic E-state index is 0.0852. The highest BCUT2D eigenvalue weighted by atomic mass is 32.2. The van der Waals surface area contributed by atoms with Crippen molar-refractivity contribution in [2.24, 2.45) is 0 Å². The summed E-state index contributed by atoms with van der Waals surface area (Å²) in [6, 6.07) is 1.18. The standard InChI is InChI=1S/C14H19N3O7S/c1-15-11(18)6-7-16-13(19)9-3-2-8-17(9)25(22,23)12-5-4-10(24-12)14(20)21/h4-5,9H,2-3,6-8H2,1H3,(H,15,18)(H,16,19)(H,20,21). The number of nitrogens with zero attached hydrogens (tertiary/aromatic N) is 1. The predicted molar refractivity (Wildman–Crippen MR) is 84.3 cm³/mol. The van der Waals surface area contributed by atoms with Crippen molar-refractivity contribution in [3.05, 3.63) is 17.9 Å². The molecule has 1 aliphatic heterocycles. The first-order valence-corrected chi connectivity index (χ1v) is 9.04. The lowest BCUT2D eigenvalue weighted by Gasteiger charge is -2.22. The van der Waals surface area contributed by atoms with Crippen molar-refractivity contribution < 1.29 is 32.3 Å². The molecule has 10 nitrogen and oxygen atoms in total. The maximum absolute atomic E-state index is 12.6. The van der Waals surface area contributed by atoms with Crippen molar-refractivity contribution in [3.8, 4) is 0 Å². The zero-order valence-electron chi connectivity index (χ0n) is 13.5. The number of amides is 2. The Hall–Kier alpha value is -2.40. The van der Waals surface area contributed by atoms with Crippen LogP contribution in [0, 0.1) is 0 Å². The summed E-state index contributed by atoms with van der Waals surface area (Å²) in [7, 11) is -2.65. The third-order valence-corrected chi connectivity index (χ3v) is 5.57. The highest BCUT2D eigenvalue weighted by Gasteiger charge is 2.41. The Balaban J connectivity index is 2.09. The number of hydrogen-bond acceptors (Lipinski definition) is 6. The smallest absolute Gasteiger partial charge is 0.371 e. The van der Waals surface area contributed by atoms with Gasteiger partial charge in [0.1, 0.15) is 6.04 Å². The molecule has 2 heterocycles. The molecule has 0 radical (unpaired) electrons. The lowest BCUT2D eigenvalue weighted by molar-refractivity contribution is -0.124. The van der Waals surface area contributed by atoms with Crippen LogP contribution in [0.4, 0.5) is 0 Å². The van der Waals surface area contributed by atoms with Crippen LogP contribution in [0.15, 0.2) is 21.6 Å². The average Bonchev–Trinajstić information content (AvgIpc) is 3.24. The Morgan fingerprint density at radius 1 is 1.36 bits per heavy atom. The van der Waals surface area contributed by atoms with Gasteiger partial charge in [0, 0.05) is 26.6 Å². The molecule has 1 aliphatic rings. The number of aromatic carboxylic acids is 1. The summed E-state index contributed by atoms with van der Waals surface area (Å²) in [5.41, 5.74) is 0. The van der Waals surface area contributed by atoms with Gasteiger partial charge in [-0.3, -0.25) is 9.59 Å². The number of carboxylic acids is 1. The third kappa shape index (κ3) is 4.17. The summed E-state index contributed by atoms with van der Waals surface area (Å²) in [6.45, 7) is 0.214. The van der Waals surface area contributed by atoms with Gasteiger partial charge in [0.2, 0.25) is 22.7 Å². The summed E-state index contributed by atoms with van der Waals surface area (Å²) >= 11 is 0. The quantitative estimate of drug-likeness (QED) is 0.577. The van der Waals surface area contributed by atoms with Crippen LogP contribution in [-0.2, 0) is 19.6 Å². The average molecular weight is 373 g/mol. The molecule has 0 aromatic carbocycles. The zero-order valence-corrected chi connectivity index (χ0v) is 14.3. The minimum atomic E-state index is -4.13. The summed E-state index contributed by atoms with van der Waals surface area (Å²) in [5, 5.41) is 13.3. The molecule has 25 heavy (non-hydrogen) atoms. The number of carboxylic acid groups (broad SMARTS) is 1. The third-order valence-electron chi connectivity index (χ3n) is 3.79. The molecule has 3 N–H and O–H groups in total. The highest BCUT2D eigenvalue weighted by Crippen LogP contribution is 2.27. The fourth-order valence-electron chi connectivity index (χ4n) is 2.52. The summed E-state index contributed by atoms with van der Waals surface area (Å²) in [4.78, 5) is 34.2. The first kappa shape index (κ1) is 18.9. The Bertz CT molecular complexity index is 771. The van der Waals surface area contributed by atoms with Gasteiger partial charge in [-0.05, 0) is 25.0 Å². The molecule has 1 aromatic heterocycles. The van der Waals surface area contributed by atoms with E-state index in [1.807, 2.05) is 0 Å². The van der Waals surface area contributed by atoms with Crippen molar-refractivity contribution in [1.29, 1.82) is 0 Å². The molecule has 11 heteroatoms. The van der Waals surface area contributed by atoms with Crippen LogP contribution in [0.3, 0.4) is 0 Å². The van der Waals surface area contributed by atoms with Gasteiger partial charge < -0.3 is 20.2 Å². The molecule has 138 valence electrons. The van der Waals surface area contributed by atoms with Crippen molar-refractivity contribution in [1.82, 2.24) is 14.9 Å². The van der Waals surface area contributed by atoms with Crippen LogP contribution >= 0.6 is 0 Å². The Morgan fingerprint density at radius 2 is 2.08 bits per heavy atom. The van der Waals surface area contributed by atoms with Crippen LogP contribution in [-0.4, -0.2) is 61.8 Å². The molecule has 0 aliphatic carbocycles. The molecule has 1 unspecified atom stereocenters. The summed E-state index contributed by atoms with van der Waals surface area (Å²) < 4.78 is 31.1. The Labute approximate surface area is 144 Å². The van der Waals surface area contributed by atoms with Crippen molar-refractivity contribution in [2.45, 2.75) is 30.4 Å². The largest absolute Gasteiger partial charge is 0.475 e. The van der Waals surface area contributed by atoms with Gasteiger partial charge in [0.05, 0.1) is 0 Å². The monoisotopic (exact) mass is 373 g/mol. The van der Waals surface area contributed by atoms with E-state index >= 15 is 0 Å². The van der Waals surface area contributed by atoms with Crippen molar-refractivity contribution in [2.75, 3.05) is 20.1 Å². The van der Waals surface area contributed by atoms with Gasteiger partial charge in [0.25, 0.3) is 10.0 Å². The summed E-state index contributed by atoms with van der Waals surface area (Å²) in [5.74, 6) is -2.63. The molecular formula is C14H19N3O7S. The number of carbonyl (C=O) groups is 3. The molecule has 1 atom stereocenters. The Kier molecular flexibility index (Phi) is 5.80. The van der Waals surface area contributed by atoms with Crippen molar-refractivity contribution in [3.63, 3.8) is 0 Å². The first-order chi connectivity index (χ1) is 11.8. The molecular weight excluding hydrogens is 354 g/mol. The second kappa shape index (κ2) is 7.66. The van der Waals surface area contributed by atoms with E-state index in [9.17, 15) is 22.8 Å². The van der Waals surface area contributed by atoms with Gasteiger partial charge in [-0.15, -0.1) is 0 Å².